The third kappa shape index (κ3) is 4.56. The van der Waals surface area contributed by atoms with Crippen LogP contribution in [0.1, 0.15) is 32.9 Å². The largest absolute Gasteiger partial charge is 0.496 e. The van der Waals surface area contributed by atoms with Crippen molar-refractivity contribution in [2.24, 2.45) is 0 Å². The Labute approximate surface area is 135 Å². The summed E-state index contributed by atoms with van der Waals surface area (Å²) in [6.45, 7) is 5.94. The number of carbonyl (C=O) groups excluding carboxylic acids is 1. The monoisotopic (exact) mass is 318 g/mol. The lowest BCUT2D eigenvalue weighted by Gasteiger charge is -2.20. The summed E-state index contributed by atoms with van der Waals surface area (Å²) in [6.07, 6.45) is 1.10. The van der Waals surface area contributed by atoms with Crippen molar-refractivity contribution < 1.29 is 9.53 Å². The van der Waals surface area contributed by atoms with E-state index in [1.165, 1.54) is 0 Å². The molecule has 1 aromatic carbocycles. The molecule has 0 fully saturated rings. The van der Waals surface area contributed by atoms with Crippen LogP contribution >= 0.6 is 11.3 Å². The highest BCUT2D eigenvalue weighted by molar-refractivity contribution is 7.13. The lowest BCUT2D eigenvalue weighted by atomic mass is 10.1. The normalized spacial score (nSPS) is 11.3. The summed E-state index contributed by atoms with van der Waals surface area (Å²) >= 11 is 1.57. The van der Waals surface area contributed by atoms with Gasteiger partial charge in [-0.25, -0.2) is 4.98 Å². The van der Waals surface area contributed by atoms with Gasteiger partial charge in [0.2, 0.25) is 5.91 Å². The Morgan fingerprint density at radius 3 is 2.73 bits per heavy atom. The van der Waals surface area contributed by atoms with Gasteiger partial charge >= 0.3 is 0 Å². The molecule has 4 nitrogen and oxygen atoms in total. The van der Waals surface area contributed by atoms with Crippen molar-refractivity contribution in [1.29, 1.82) is 0 Å². The Morgan fingerprint density at radius 2 is 2.05 bits per heavy atom. The van der Waals surface area contributed by atoms with Crippen LogP contribution < -0.4 is 10.1 Å². The Morgan fingerprint density at radius 1 is 1.32 bits per heavy atom. The van der Waals surface area contributed by atoms with Gasteiger partial charge in [-0.05, 0) is 39.3 Å². The van der Waals surface area contributed by atoms with Gasteiger partial charge in [-0.15, -0.1) is 11.3 Å². The highest BCUT2D eigenvalue weighted by Gasteiger charge is 2.14. The first-order valence-corrected chi connectivity index (χ1v) is 8.16. The molecule has 1 N–H and O–H groups in total. The Bertz CT molecular complexity index is 644. The molecule has 1 heterocycles. The maximum absolute atomic E-state index is 11.9. The van der Waals surface area contributed by atoms with Crippen LogP contribution in [0.4, 0.5) is 0 Å². The molecule has 5 heteroatoms. The number of carbonyl (C=O) groups is 1. The number of para-hydroxylation sites is 1. The van der Waals surface area contributed by atoms with E-state index in [0.29, 0.717) is 12.8 Å². The van der Waals surface area contributed by atoms with Crippen LogP contribution in [0.5, 0.6) is 5.75 Å². The van der Waals surface area contributed by atoms with Crippen LogP contribution in [0.2, 0.25) is 0 Å². The van der Waals surface area contributed by atoms with Crippen LogP contribution in [0.25, 0.3) is 10.6 Å². The quantitative estimate of drug-likeness (QED) is 0.915. The molecule has 2 aromatic rings. The van der Waals surface area contributed by atoms with E-state index in [1.54, 1.807) is 18.4 Å². The molecule has 118 valence electrons. The highest BCUT2D eigenvalue weighted by Crippen LogP contribution is 2.32. The summed E-state index contributed by atoms with van der Waals surface area (Å²) in [5, 5.41) is 5.89. The Kier molecular flexibility index (Phi) is 5.19. The second-order valence-electron chi connectivity index (χ2n) is 6.14. The zero-order chi connectivity index (χ0) is 16.2. The predicted octanol–water partition coefficient (Wildman–Crippen LogP) is 3.67. The summed E-state index contributed by atoms with van der Waals surface area (Å²) in [5.74, 6) is 0.869. The molecule has 0 aliphatic rings. The van der Waals surface area contributed by atoms with E-state index in [2.05, 4.69) is 10.3 Å². The molecule has 0 aliphatic carbocycles. The number of methoxy groups -OCH3 is 1. The molecule has 0 saturated carbocycles. The van der Waals surface area contributed by atoms with Crippen molar-refractivity contribution in [3.8, 4) is 16.3 Å². The van der Waals surface area contributed by atoms with Crippen molar-refractivity contribution in [2.45, 2.75) is 39.2 Å². The van der Waals surface area contributed by atoms with E-state index in [0.717, 1.165) is 22.0 Å². The van der Waals surface area contributed by atoms with Crippen LogP contribution in [-0.4, -0.2) is 23.5 Å². The molecule has 0 bridgehead atoms. The van der Waals surface area contributed by atoms with Crippen LogP contribution in [0.3, 0.4) is 0 Å². The number of ether oxygens (including phenoxy) is 1. The molecule has 2 rings (SSSR count). The third-order valence-electron chi connectivity index (χ3n) is 3.01. The van der Waals surface area contributed by atoms with Crippen molar-refractivity contribution in [3.63, 3.8) is 0 Å². The zero-order valence-corrected chi connectivity index (χ0v) is 14.3. The van der Waals surface area contributed by atoms with Gasteiger partial charge in [-0.1, -0.05) is 12.1 Å². The number of hydrogen-bond acceptors (Lipinski definition) is 4. The molecule has 0 aliphatic heterocycles. The van der Waals surface area contributed by atoms with Crippen molar-refractivity contribution >= 4 is 17.2 Å². The van der Waals surface area contributed by atoms with Gasteiger partial charge in [-0.3, -0.25) is 4.79 Å². The van der Waals surface area contributed by atoms with E-state index in [9.17, 15) is 4.79 Å². The minimum Gasteiger partial charge on any atom is -0.496 e. The van der Waals surface area contributed by atoms with E-state index in [-0.39, 0.29) is 11.4 Å². The molecule has 0 spiro atoms. The first-order chi connectivity index (χ1) is 10.4. The van der Waals surface area contributed by atoms with Gasteiger partial charge in [0.15, 0.2) is 0 Å². The van der Waals surface area contributed by atoms with E-state index < -0.39 is 0 Å². The average molecular weight is 318 g/mol. The Balaban J connectivity index is 2.02. The van der Waals surface area contributed by atoms with Crippen LogP contribution in [0, 0.1) is 0 Å². The van der Waals surface area contributed by atoms with Crippen molar-refractivity contribution in [2.75, 3.05) is 7.11 Å². The molecular formula is C17H22N2O2S. The molecule has 1 aromatic heterocycles. The number of aryl methyl sites for hydroxylation is 1. The van der Waals surface area contributed by atoms with Gasteiger partial charge < -0.3 is 10.1 Å². The van der Waals surface area contributed by atoms with Gasteiger partial charge in [0.25, 0.3) is 0 Å². The van der Waals surface area contributed by atoms with E-state index in [4.69, 9.17) is 4.74 Å². The number of benzene rings is 1. The maximum atomic E-state index is 11.9. The second-order valence-corrected chi connectivity index (χ2v) is 7.00. The SMILES string of the molecule is COc1ccccc1-c1nc(CCC(=O)NC(C)(C)C)cs1. The summed E-state index contributed by atoms with van der Waals surface area (Å²) in [5.41, 5.74) is 1.73. The summed E-state index contributed by atoms with van der Waals surface area (Å²) in [7, 11) is 1.66. The molecular weight excluding hydrogens is 296 g/mol. The third-order valence-corrected chi connectivity index (χ3v) is 3.94. The molecule has 0 saturated heterocycles. The van der Waals surface area contributed by atoms with Crippen LogP contribution in [-0.2, 0) is 11.2 Å². The number of aromatic nitrogens is 1. The number of amides is 1. The summed E-state index contributed by atoms with van der Waals surface area (Å²) in [6, 6.07) is 7.82. The van der Waals surface area contributed by atoms with Crippen molar-refractivity contribution in [1.82, 2.24) is 10.3 Å². The number of hydrogen-bond donors (Lipinski definition) is 1. The number of rotatable bonds is 5. The van der Waals surface area contributed by atoms with Gasteiger partial charge in [0.05, 0.1) is 18.4 Å². The van der Waals surface area contributed by atoms with Gasteiger partial charge in [0, 0.05) is 17.3 Å². The smallest absolute Gasteiger partial charge is 0.220 e. The van der Waals surface area contributed by atoms with Gasteiger partial charge in [-0.2, -0.15) is 0 Å². The first kappa shape index (κ1) is 16.5. The fraction of sp³-hybridized carbons (Fsp3) is 0.412. The van der Waals surface area contributed by atoms with Crippen molar-refractivity contribution in [3.05, 3.63) is 35.3 Å². The number of nitrogens with one attached hydrogen (secondary N) is 1. The molecule has 22 heavy (non-hydrogen) atoms. The standard InChI is InChI=1S/C17H22N2O2S/c1-17(2,3)19-15(20)10-9-12-11-22-16(18-12)13-7-5-6-8-14(13)21-4/h5-8,11H,9-10H2,1-4H3,(H,19,20). The molecule has 1 amide bonds. The highest BCUT2D eigenvalue weighted by atomic mass is 32.1. The fourth-order valence-electron chi connectivity index (χ4n) is 2.09. The predicted molar refractivity (Wildman–Crippen MR) is 90.3 cm³/mol. The van der Waals surface area contributed by atoms with E-state index in [1.807, 2.05) is 50.4 Å². The zero-order valence-electron chi connectivity index (χ0n) is 13.5. The lowest BCUT2D eigenvalue weighted by Crippen LogP contribution is -2.40. The average Bonchev–Trinajstić information content (AvgIpc) is 2.92. The second kappa shape index (κ2) is 6.92. The summed E-state index contributed by atoms with van der Waals surface area (Å²) in [4.78, 5) is 16.5. The topological polar surface area (TPSA) is 51.2 Å². The lowest BCUT2D eigenvalue weighted by molar-refractivity contribution is -0.122. The molecule has 0 atom stereocenters. The van der Waals surface area contributed by atoms with E-state index >= 15 is 0 Å². The molecule has 0 unspecified atom stereocenters. The summed E-state index contributed by atoms with van der Waals surface area (Å²) < 4.78 is 5.36. The van der Waals surface area contributed by atoms with Crippen LogP contribution in [0.15, 0.2) is 29.6 Å². The number of nitrogens with zero attached hydrogens (tertiary/aromatic N) is 1. The maximum Gasteiger partial charge on any atom is 0.220 e. The molecule has 0 radical (unpaired) electrons. The minimum absolute atomic E-state index is 0.0549. The van der Waals surface area contributed by atoms with Gasteiger partial charge in [0.1, 0.15) is 10.8 Å². The minimum atomic E-state index is -0.193. The first-order valence-electron chi connectivity index (χ1n) is 7.28. The number of thiazole rings is 1. The Hall–Kier alpha value is -1.88. The fourth-order valence-corrected chi connectivity index (χ4v) is 2.97.